The van der Waals surface area contributed by atoms with Gasteiger partial charge in [0.05, 0.1) is 6.61 Å². The first-order valence-corrected chi connectivity index (χ1v) is 5.86. The summed E-state index contributed by atoms with van der Waals surface area (Å²) in [5.74, 6) is -1.16. The third-order valence-electron chi connectivity index (χ3n) is 2.84. The van der Waals surface area contributed by atoms with Crippen LogP contribution in [0.25, 0.3) is 0 Å². The Bertz CT molecular complexity index is 341. The van der Waals surface area contributed by atoms with Crippen LogP contribution in [0.1, 0.15) is 27.7 Å². The standard InChI is InChI=1S/C13H20O4/c1-6-7-9-11(17-13(4,5)15-9)10-8-14-12(2,3)16-10/h7,9-11H,1,8H2,2-5H3/t9-,10+,11-/m0/s1. The van der Waals surface area contributed by atoms with Crippen molar-refractivity contribution in [2.24, 2.45) is 0 Å². The van der Waals surface area contributed by atoms with E-state index in [4.69, 9.17) is 18.9 Å². The smallest absolute Gasteiger partial charge is 0.164 e. The first-order valence-electron chi connectivity index (χ1n) is 5.86. The highest BCUT2D eigenvalue weighted by molar-refractivity contribution is 5.00. The van der Waals surface area contributed by atoms with Crippen molar-refractivity contribution >= 4 is 0 Å². The molecular weight excluding hydrogens is 220 g/mol. The van der Waals surface area contributed by atoms with Gasteiger partial charge in [0.1, 0.15) is 18.3 Å². The fourth-order valence-electron chi connectivity index (χ4n) is 2.23. The zero-order valence-corrected chi connectivity index (χ0v) is 10.9. The Balaban J connectivity index is 2.11. The van der Waals surface area contributed by atoms with Gasteiger partial charge in [-0.05, 0) is 33.8 Å². The molecule has 4 nitrogen and oxygen atoms in total. The Labute approximate surface area is 102 Å². The summed E-state index contributed by atoms with van der Waals surface area (Å²) in [6.45, 7) is 11.6. The summed E-state index contributed by atoms with van der Waals surface area (Å²) in [5, 5.41) is 0. The molecule has 2 aliphatic heterocycles. The Morgan fingerprint density at radius 3 is 2.35 bits per heavy atom. The zero-order chi connectivity index (χ0) is 12.7. The van der Waals surface area contributed by atoms with Crippen LogP contribution < -0.4 is 0 Å². The molecule has 2 saturated heterocycles. The van der Waals surface area contributed by atoms with E-state index in [-0.39, 0.29) is 18.3 Å². The molecule has 0 unspecified atom stereocenters. The third-order valence-corrected chi connectivity index (χ3v) is 2.84. The van der Waals surface area contributed by atoms with Crippen LogP contribution >= 0.6 is 0 Å². The Morgan fingerprint density at radius 2 is 1.82 bits per heavy atom. The molecule has 0 spiro atoms. The molecule has 96 valence electrons. The maximum atomic E-state index is 5.86. The monoisotopic (exact) mass is 240 g/mol. The number of hydrogen-bond donors (Lipinski definition) is 0. The lowest BCUT2D eigenvalue weighted by Gasteiger charge is -2.22. The van der Waals surface area contributed by atoms with Crippen molar-refractivity contribution in [2.45, 2.75) is 57.6 Å². The first-order chi connectivity index (χ1) is 7.83. The highest BCUT2D eigenvalue weighted by Gasteiger charge is 2.48. The van der Waals surface area contributed by atoms with Gasteiger partial charge in [-0.15, -0.1) is 5.73 Å². The Kier molecular flexibility index (Phi) is 3.19. The lowest BCUT2D eigenvalue weighted by molar-refractivity contribution is -0.174. The van der Waals surface area contributed by atoms with Gasteiger partial charge < -0.3 is 18.9 Å². The van der Waals surface area contributed by atoms with Gasteiger partial charge in [-0.1, -0.05) is 6.58 Å². The molecule has 2 rings (SSSR count). The molecule has 2 fully saturated rings. The van der Waals surface area contributed by atoms with E-state index in [0.717, 1.165) is 0 Å². The molecule has 0 amide bonds. The summed E-state index contributed by atoms with van der Waals surface area (Å²) < 4.78 is 23.0. The van der Waals surface area contributed by atoms with Gasteiger partial charge in [0.25, 0.3) is 0 Å². The number of ether oxygens (including phenoxy) is 4. The van der Waals surface area contributed by atoms with Gasteiger partial charge in [0.2, 0.25) is 0 Å². The molecule has 0 saturated carbocycles. The fraction of sp³-hybridized carbons (Fsp3) is 0.769. The maximum Gasteiger partial charge on any atom is 0.164 e. The van der Waals surface area contributed by atoms with E-state index in [2.05, 4.69) is 12.3 Å². The molecule has 4 heteroatoms. The third kappa shape index (κ3) is 2.79. The number of hydrogen-bond acceptors (Lipinski definition) is 4. The predicted molar refractivity (Wildman–Crippen MR) is 62.4 cm³/mol. The van der Waals surface area contributed by atoms with Gasteiger partial charge in [0.15, 0.2) is 11.6 Å². The second kappa shape index (κ2) is 4.23. The average molecular weight is 240 g/mol. The molecule has 0 aromatic rings. The van der Waals surface area contributed by atoms with Crippen molar-refractivity contribution < 1.29 is 18.9 Å². The van der Waals surface area contributed by atoms with E-state index < -0.39 is 11.6 Å². The molecule has 0 aliphatic carbocycles. The molecule has 2 aliphatic rings. The van der Waals surface area contributed by atoms with Gasteiger partial charge in [-0.3, -0.25) is 0 Å². The quantitative estimate of drug-likeness (QED) is 0.692. The summed E-state index contributed by atoms with van der Waals surface area (Å²) in [6.07, 6.45) is 1.28. The summed E-state index contributed by atoms with van der Waals surface area (Å²) >= 11 is 0. The topological polar surface area (TPSA) is 36.9 Å². The maximum absolute atomic E-state index is 5.86. The van der Waals surface area contributed by atoms with Crippen LogP contribution in [0.5, 0.6) is 0 Å². The largest absolute Gasteiger partial charge is 0.348 e. The van der Waals surface area contributed by atoms with E-state index in [9.17, 15) is 0 Å². The van der Waals surface area contributed by atoms with Crippen molar-refractivity contribution in [3.8, 4) is 0 Å². The van der Waals surface area contributed by atoms with Crippen LogP contribution in [0, 0.1) is 0 Å². The van der Waals surface area contributed by atoms with Crippen molar-refractivity contribution in [3.05, 3.63) is 18.4 Å². The highest BCUT2D eigenvalue weighted by Crippen LogP contribution is 2.35. The Morgan fingerprint density at radius 1 is 1.12 bits per heavy atom. The van der Waals surface area contributed by atoms with E-state index in [1.807, 2.05) is 27.7 Å². The molecule has 17 heavy (non-hydrogen) atoms. The van der Waals surface area contributed by atoms with Crippen molar-refractivity contribution in [3.63, 3.8) is 0 Å². The van der Waals surface area contributed by atoms with E-state index in [0.29, 0.717) is 6.61 Å². The van der Waals surface area contributed by atoms with Crippen molar-refractivity contribution in [1.82, 2.24) is 0 Å². The molecule has 0 radical (unpaired) electrons. The molecule has 0 aromatic heterocycles. The second-order valence-electron chi connectivity index (χ2n) is 5.30. The Hall–Kier alpha value is -0.640. The molecular formula is C13H20O4. The lowest BCUT2D eigenvalue weighted by atomic mass is 10.1. The van der Waals surface area contributed by atoms with Crippen LogP contribution in [0.2, 0.25) is 0 Å². The molecule has 0 bridgehead atoms. The lowest BCUT2D eigenvalue weighted by Crippen LogP contribution is -2.37. The van der Waals surface area contributed by atoms with E-state index in [1.54, 1.807) is 6.08 Å². The van der Waals surface area contributed by atoms with Gasteiger partial charge in [0, 0.05) is 0 Å². The fourth-order valence-corrected chi connectivity index (χ4v) is 2.23. The van der Waals surface area contributed by atoms with Crippen molar-refractivity contribution in [1.29, 1.82) is 0 Å². The summed E-state index contributed by atoms with van der Waals surface area (Å²) in [7, 11) is 0. The minimum absolute atomic E-state index is 0.124. The predicted octanol–water partition coefficient (Wildman–Crippen LogP) is 2.00. The van der Waals surface area contributed by atoms with Crippen molar-refractivity contribution in [2.75, 3.05) is 6.61 Å². The molecule has 0 aromatic carbocycles. The molecule has 2 heterocycles. The summed E-state index contributed by atoms with van der Waals surface area (Å²) in [6, 6.07) is 0. The van der Waals surface area contributed by atoms with Crippen LogP contribution in [0.15, 0.2) is 18.4 Å². The van der Waals surface area contributed by atoms with Crippen LogP contribution in [-0.4, -0.2) is 36.5 Å². The van der Waals surface area contributed by atoms with Gasteiger partial charge >= 0.3 is 0 Å². The second-order valence-corrected chi connectivity index (χ2v) is 5.30. The van der Waals surface area contributed by atoms with Crippen LogP contribution in [0.4, 0.5) is 0 Å². The summed E-state index contributed by atoms with van der Waals surface area (Å²) in [5.41, 5.74) is 2.75. The summed E-state index contributed by atoms with van der Waals surface area (Å²) in [4.78, 5) is 0. The molecule has 0 N–H and O–H groups in total. The molecule has 3 atom stereocenters. The highest BCUT2D eigenvalue weighted by atomic mass is 16.8. The first kappa shape index (κ1) is 12.8. The van der Waals surface area contributed by atoms with E-state index >= 15 is 0 Å². The van der Waals surface area contributed by atoms with Gasteiger partial charge in [-0.2, -0.15) is 0 Å². The average Bonchev–Trinajstić information content (AvgIpc) is 2.67. The van der Waals surface area contributed by atoms with Crippen LogP contribution in [0.3, 0.4) is 0 Å². The minimum Gasteiger partial charge on any atom is -0.348 e. The van der Waals surface area contributed by atoms with E-state index in [1.165, 1.54) is 0 Å². The van der Waals surface area contributed by atoms with Crippen LogP contribution in [-0.2, 0) is 18.9 Å². The normalized spacial score (nSPS) is 38.9. The minimum atomic E-state index is -0.612. The SMILES string of the molecule is C=C=C[C@@H]1OC(C)(C)O[C@@H]1[C@H]1COC(C)(C)O1. The van der Waals surface area contributed by atoms with Gasteiger partial charge in [-0.25, -0.2) is 0 Å². The zero-order valence-electron chi connectivity index (χ0n) is 10.9. The number of rotatable bonds is 2.